The Hall–Kier alpha value is -4.73. The third-order valence-electron chi connectivity index (χ3n) is 5.69. The number of rotatable bonds is 5. The maximum Gasteiger partial charge on any atom is 0.354 e. The molecule has 2 aromatic heterocycles. The molecule has 0 bridgehead atoms. The van der Waals surface area contributed by atoms with Gasteiger partial charge in [-0.3, -0.25) is 9.89 Å². The number of benzene rings is 2. The number of para-hydroxylation sites is 1. The van der Waals surface area contributed by atoms with Gasteiger partial charge >= 0.3 is 11.5 Å². The number of carboxylic acids is 1. The molecule has 2 heterocycles. The van der Waals surface area contributed by atoms with E-state index >= 15 is 0 Å². The lowest BCUT2D eigenvalue weighted by Crippen LogP contribution is -2.15. The van der Waals surface area contributed by atoms with Gasteiger partial charge in [-0.05, 0) is 53.1 Å². The highest BCUT2D eigenvalue weighted by Gasteiger charge is 2.21. The van der Waals surface area contributed by atoms with Gasteiger partial charge in [0.25, 0.3) is 5.69 Å². The Balaban J connectivity index is 1.73. The number of carboxylic acid groups (broad SMARTS) is 1. The van der Waals surface area contributed by atoms with Gasteiger partial charge in [0.2, 0.25) is 11.4 Å². The second-order valence-electron chi connectivity index (χ2n) is 9.28. The molecule has 184 valence electrons. The lowest BCUT2D eigenvalue weighted by atomic mass is 9.87. The van der Waals surface area contributed by atoms with Crippen molar-refractivity contribution in [1.82, 2.24) is 14.8 Å². The molecule has 0 fully saturated rings. The molecule has 0 atom stereocenters. The number of aryl methyl sites for hydroxylation is 1. The van der Waals surface area contributed by atoms with Crippen LogP contribution in [0.3, 0.4) is 0 Å². The molecule has 2 aromatic carbocycles. The van der Waals surface area contributed by atoms with Crippen LogP contribution in [0.4, 0.5) is 11.4 Å². The van der Waals surface area contributed by atoms with Crippen LogP contribution in [0.5, 0.6) is 5.75 Å². The van der Waals surface area contributed by atoms with E-state index in [1.54, 1.807) is 6.92 Å². The summed E-state index contributed by atoms with van der Waals surface area (Å²) in [6.07, 6.45) is 0. The topological polar surface area (TPSA) is 147 Å². The normalized spacial score (nSPS) is 12.1. The Labute approximate surface area is 206 Å². The molecule has 0 aliphatic rings. The number of nitrogens with one attached hydrogen (secondary N) is 1. The molecule has 4 aromatic rings. The van der Waals surface area contributed by atoms with E-state index in [1.807, 2.05) is 24.3 Å². The lowest BCUT2D eigenvalue weighted by Gasteiger charge is -2.19. The lowest BCUT2D eigenvalue weighted by molar-refractivity contribution is -0.436. The van der Waals surface area contributed by atoms with E-state index < -0.39 is 17.3 Å². The highest BCUT2D eigenvalue weighted by atomic mass is 16.5. The fraction of sp³-hybridized carbons (Fsp3) is 0.192. The Morgan fingerprint density at radius 1 is 1.08 bits per heavy atom. The van der Waals surface area contributed by atoms with Crippen molar-refractivity contribution in [3.63, 3.8) is 0 Å². The minimum absolute atomic E-state index is 0.0420. The van der Waals surface area contributed by atoms with Gasteiger partial charge in [-0.2, -0.15) is 0 Å². The van der Waals surface area contributed by atoms with Gasteiger partial charge in [-0.15, -0.1) is 0 Å². The molecule has 0 spiro atoms. The summed E-state index contributed by atoms with van der Waals surface area (Å²) in [5, 5.41) is 39.7. The molecular weight excluding hydrogens is 462 g/mol. The van der Waals surface area contributed by atoms with Gasteiger partial charge in [0, 0.05) is 16.7 Å². The van der Waals surface area contributed by atoms with Crippen molar-refractivity contribution in [2.75, 3.05) is 0 Å². The van der Waals surface area contributed by atoms with E-state index in [1.165, 1.54) is 41.1 Å². The highest BCUT2D eigenvalue weighted by molar-refractivity contribution is 5.86. The summed E-state index contributed by atoms with van der Waals surface area (Å²) in [6.45, 7) is 7.90. The number of pyridine rings is 1. The first kappa shape index (κ1) is 24.4. The van der Waals surface area contributed by atoms with Gasteiger partial charge < -0.3 is 15.4 Å². The number of H-pyrrole nitrogens is 1. The zero-order chi connectivity index (χ0) is 26.2. The van der Waals surface area contributed by atoms with Crippen LogP contribution in [0.1, 0.15) is 42.5 Å². The molecule has 10 nitrogen and oxygen atoms in total. The van der Waals surface area contributed by atoms with Crippen LogP contribution in [-0.2, 0) is 5.41 Å². The van der Waals surface area contributed by atoms with E-state index in [0.717, 1.165) is 5.56 Å². The molecule has 4 rings (SSSR count). The number of hydrogen-bond donors (Lipinski definition) is 3. The summed E-state index contributed by atoms with van der Waals surface area (Å²) >= 11 is 0. The van der Waals surface area contributed by atoms with E-state index in [9.17, 15) is 25.0 Å². The quantitative estimate of drug-likeness (QED) is 0.201. The Morgan fingerprint density at radius 3 is 2.39 bits per heavy atom. The molecule has 36 heavy (non-hydrogen) atoms. The fourth-order valence-corrected chi connectivity index (χ4v) is 3.69. The van der Waals surface area contributed by atoms with Crippen molar-refractivity contribution in [3.8, 4) is 22.7 Å². The number of azo groups is 1. The number of nitrogens with zero attached hydrogens (tertiary/aromatic N) is 4. The van der Waals surface area contributed by atoms with Crippen molar-refractivity contribution in [2.45, 2.75) is 33.1 Å². The number of aromatic amines is 1. The molecule has 0 amide bonds. The van der Waals surface area contributed by atoms with E-state index in [2.05, 4.69) is 36.0 Å². The molecule has 0 saturated heterocycles. The Kier molecular flexibility index (Phi) is 6.19. The fourth-order valence-electron chi connectivity index (χ4n) is 3.69. The van der Waals surface area contributed by atoms with Gasteiger partial charge in [0.1, 0.15) is 5.69 Å². The van der Waals surface area contributed by atoms with Crippen LogP contribution in [0, 0.1) is 12.1 Å². The summed E-state index contributed by atoms with van der Waals surface area (Å²) in [6, 6.07) is 16.1. The summed E-state index contributed by atoms with van der Waals surface area (Å²) in [5.41, 5.74) is 1.27. The van der Waals surface area contributed by atoms with Crippen molar-refractivity contribution in [3.05, 3.63) is 93.2 Å². The van der Waals surface area contributed by atoms with Crippen LogP contribution in [0.15, 0.2) is 70.6 Å². The van der Waals surface area contributed by atoms with Crippen molar-refractivity contribution < 1.29 is 19.9 Å². The highest BCUT2D eigenvalue weighted by Crippen LogP contribution is 2.36. The number of carbonyl (C=O) groups is 1. The third-order valence-corrected chi connectivity index (χ3v) is 5.69. The van der Waals surface area contributed by atoms with Gasteiger partial charge in [0.05, 0.1) is 17.1 Å². The zero-order valence-electron chi connectivity index (χ0n) is 20.2. The number of phenolic OH excluding ortho intramolecular Hbond substituents is 1. The monoisotopic (exact) mass is 487 g/mol. The number of aromatic nitrogens is 3. The predicted octanol–water partition coefficient (Wildman–Crippen LogP) is 5.16. The van der Waals surface area contributed by atoms with Crippen LogP contribution >= 0.6 is 0 Å². The van der Waals surface area contributed by atoms with Crippen molar-refractivity contribution in [2.24, 2.45) is 5.11 Å². The van der Waals surface area contributed by atoms with E-state index in [4.69, 9.17) is 0 Å². The van der Waals surface area contributed by atoms with Crippen LogP contribution in [0.25, 0.3) is 16.9 Å². The van der Waals surface area contributed by atoms with Crippen LogP contribution in [0.2, 0.25) is 0 Å². The van der Waals surface area contributed by atoms with E-state index in [0.29, 0.717) is 11.4 Å². The average Bonchev–Trinajstić information content (AvgIpc) is 3.12. The Bertz CT molecular complexity index is 1540. The first-order valence-electron chi connectivity index (χ1n) is 11.1. The van der Waals surface area contributed by atoms with Gasteiger partial charge in [0.15, 0.2) is 0 Å². The Morgan fingerprint density at radius 2 is 1.75 bits per heavy atom. The average molecular weight is 488 g/mol. The van der Waals surface area contributed by atoms with Crippen molar-refractivity contribution >= 4 is 17.3 Å². The second-order valence-corrected chi connectivity index (χ2v) is 9.28. The van der Waals surface area contributed by atoms with E-state index in [-0.39, 0.29) is 38.6 Å². The molecular formula is C26H25N5O5. The second kappa shape index (κ2) is 9.14. The molecule has 0 unspecified atom stereocenters. The predicted molar refractivity (Wildman–Crippen MR) is 133 cm³/mol. The number of aromatic hydroxyl groups is 1. The summed E-state index contributed by atoms with van der Waals surface area (Å²) < 4.78 is 1.30. The summed E-state index contributed by atoms with van der Waals surface area (Å²) in [5.74, 6) is -1.67. The van der Waals surface area contributed by atoms with Crippen LogP contribution in [-0.4, -0.2) is 35.8 Å². The minimum Gasteiger partial charge on any atom is -0.594 e. The molecule has 3 N–H and O–H groups in total. The molecule has 0 aliphatic carbocycles. The molecule has 0 aliphatic heterocycles. The number of phenols is 1. The van der Waals surface area contributed by atoms with Crippen LogP contribution < -0.4 is 5.56 Å². The standard InChI is InChI=1S/C26H25N5O5/c1-15-22(24(33)30(28-15)17-13-11-16(12-14-17)26(2,3)4)29-31(36)21-10-5-7-18(23(21)32)19-8-6-9-20(27-19)25(34)35/h5-14,28,32H,1-4H3,(H,34,35). The summed E-state index contributed by atoms with van der Waals surface area (Å²) in [4.78, 5) is 28.5. The maximum atomic E-state index is 13.1. The summed E-state index contributed by atoms with van der Waals surface area (Å²) in [7, 11) is 0. The molecule has 10 heteroatoms. The largest absolute Gasteiger partial charge is 0.594 e. The van der Waals surface area contributed by atoms with Crippen molar-refractivity contribution in [1.29, 1.82) is 0 Å². The SMILES string of the molecule is Cc1[nH]n(-c2ccc(C(C)(C)C)cc2)c(=O)c1N=[N+]([O-])c1cccc(-c2cccc(C(=O)O)n2)c1O. The minimum atomic E-state index is -1.22. The molecule has 0 saturated carbocycles. The van der Waals surface area contributed by atoms with Gasteiger partial charge in [-0.25, -0.2) is 14.5 Å². The first-order chi connectivity index (χ1) is 17.0. The first-order valence-corrected chi connectivity index (χ1v) is 11.1. The number of aromatic carboxylic acids is 1. The number of hydrogen-bond acceptors (Lipinski definition) is 6. The third kappa shape index (κ3) is 4.61. The molecule has 0 radical (unpaired) electrons. The van der Waals surface area contributed by atoms with Gasteiger partial charge in [-0.1, -0.05) is 45.0 Å². The zero-order valence-corrected chi connectivity index (χ0v) is 20.2. The maximum absolute atomic E-state index is 13.1. The smallest absolute Gasteiger partial charge is 0.354 e.